The predicted octanol–water partition coefficient (Wildman–Crippen LogP) is 5.12. The molecule has 0 aliphatic heterocycles. The lowest BCUT2D eigenvalue weighted by Gasteiger charge is -2.08. The van der Waals surface area contributed by atoms with E-state index in [0.29, 0.717) is 16.5 Å². The maximum Gasteiger partial charge on any atom is 0.262 e. The van der Waals surface area contributed by atoms with E-state index in [1.807, 2.05) is 36.4 Å². The van der Waals surface area contributed by atoms with Gasteiger partial charge >= 0.3 is 0 Å². The van der Waals surface area contributed by atoms with Gasteiger partial charge in [0.2, 0.25) is 0 Å². The van der Waals surface area contributed by atoms with Gasteiger partial charge in [-0.05, 0) is 60.2 Å². The molecule has 0 aliphatic carbocycles. The summed E-state index contributed by atoms with van der Waals surface area (Å²) in [6, 6.07) is 21.8. The van der Waals surface area contributed by atoms with Crippen LogP contribution in [-0.4, -0.2) is 25.8 Å². The summed E-state index contributed by atoms with van der Waals surface area (Å²) in [6.45, 7) is -0.0935. The van der Waals surface area contributed by atoms with Crippen molar-refractivity contribution in [2.75, 3.05) is 19.0 Å². The Labute approximate surface area is 168 Å². The third-order valence-corrected chi connectivity index (χ3v) is 4.01. The van der Waals surface area contributed by atoms with Crippen LogP contribution in [0.2, 0.25) is 5.02 Å². The maximum atomic E-state index is 12.0. The molecule has 28 heavy (non-hydrogen) atoms. The Hall–Kier alpha value is -3.31. The van der Waals surface area contributed by atoms with E-state index >= 15 is 0 Å². The number of carbonyl (C=O) groups is 1. The molecule has 0 aromatic heterocycles. The molecule has 1 N–H and O–H groups in total. The van der Waals surface area contributed by atoms with E-state index in [-0.39, 0.29) is 12.5 Å². The summed E-state index contributed by atoms with van der Waals surface area (Å²) in [4.78, 5) is 16.4. The Balaban J connectivity index is 1.52. The van der Waals surface area contributed by atoms with Gasteiger partial charge in [-0.15, -0.1) is 0 Å². The average Bonchev–Trinajstić information content (AvgIpc) is 2.71. The second-order valence-corrected chi connectivity index (χ2v) is 6.31. The molecule has 3 aromatic carbocycles. The molecule has 0 radical (unpaired) electrons. The molecule has 142 valence electrons. The van der Waals surface area contributed by atoms with E-state index in [4.69, 9.17) is 21.1 Å². The number of benzene rings is 3. The molecule has 3 aromatic rings. The number of methoxy groups -OCH3 is 1. The first-order valence-corrected chi connectivity index (χ1v) is 8.96. The molecule has 1 amide bonds. The SMILES string of the molecule is COc1cccc(N=Cc2ccc(OCC(=O)Nc3cccc(Cl)c3)cc2)c1. The molecular weight excluding hydrogens is 376 g/mol. The van der Waals surface area contributed by atoms with E-state index in [9.17, 15) is 4.79 Å². The summed E-state index contributed by atoms with van der Waals surface area (Å²) in [5.74, 6) is 1.10. The molecule has 0 bridgehead atoms. The van der Waals surface area contributed by atoms with Crippen molar-refractivity contribution in [3.63, 3.8) is 0 Å². The molecular formula is C22H19ClN2O3. The van der Waals surface area contributed by atoms with Gasteiger partial charge in [-0.25, -0.2) is 0 Å². The molecule has 0 saturated heterocycles. The van der Waals surface area contributed by atoms with Gasteiger partial charge in [0.15, 0.2) is 6.61 Å². The van der Waals surface area contributed by atoms with Crippen LogP contribution < -0.4 is 14.8 Å². The Morgan fingerprint density at radius 3 is 2.57 bits per heavy atom. The molecule has 6 heteroatoms. The van der Waals surface area contributed by atoms with Crippen LogP contribution >= 0.6 is 11.6 Å². The fraction of sp³-hybridized carbons (Fsp3) is 0.0909. The maximum absolute atomic E-state index is 12.0. The monoisotopic (exact) mass is 394 g/mol. The molecule has 0 unspecified atom stereocenters. The predicted molar refractivity (Wildman–Crippen MR) is 112 cm³/mol. The Bertz CT molecular complexity index is 972. The number of amides is 1. The van der Waals surface area contributed by atoms with Crippen LogP contribution in [0.1, 0.15) is 5.56 Å². The number of hydrogen-bond donors (Lipinski definition) is 1. The Morgan fingerprint density at radius 2 is 1.82 bits per heavy atom. The van der Waals surface area contributed by atoms with Crippen molar-refractivity contribution in [1.29, 1.82) is 0 Å². The van der Waals surface area contributed by atoms with E-state index in [1.54, 1.807) is 49.7 Å². The lowest BCUT2D eigenvalue weighted by Crippen LogP contribution is -2.20. The van der Waals surface area contributed by atoms with Gasteiger partial charge in [0.05, 0.1) is 12.8 Å². The number of anilines is 1. The molecule has 0 spiro atoms. The van der Waals surface area contributed by atoms with Crippen molar-refractivity contribution in [2.24, 2.45) is 4.99 Å². The van der Waals surface area contributed by atoms with Gasteiger partial charge in [0, 0.05) is 23.0 Å². The van der Waals surface area contributed by atoms with Crippen molar-refractivity contribution < 1.29 is 14.3 Å². The fourth-order valence-electron chi connectivity index (χ4n) is 2.40. The first kappa shape index (κ1) is 19.5. The lowest BCUT2D eigenvalue weighted by atomic mass is 10.2. The zero-order valence-electron chi connectivity index (χ0n) is 15.3. The fourth-order valence-corrected chi connectivity index (χ4v) is 2.59. The number of aliphatic imine (C=N–C) groups is 1. The molecule has 5 nitrogen and oxygen atoms in total. The minimum absolute atomic E-state index is 0.0935. The Morgan fingerprint density at radius 1 is 1.04 bits per heavy atom. The summed E-state index contributed by atoms with van der Waals surface area (Å²) in [6.07, 6.45) is 1.75. The van der Waals surface area contributed by atoms with Gasteiger partial charge in [-0.1, -0.05) is 23.7 Å². The number of nitrogens with one attached hydrogen (secondary N) is 1. The minimum Gasteiger partial charge on any atom is -0.497 e. The van der Waals surface area contributed by atoms with Gasteiger partial charge < -0.3 is 14.8 Å². The standard InChI is InChI=1S/C22H19ClN2O3/c1-27-21-7-3-5-18(13-21)24-14-16-8-10-20(11-9-16)28-15-22(26)25-19-6-2-4-17(23)12-19/h2-14H,15H2,1H3,(H,25,26). The Kier molecular flexibility index (Phi) is 6.65. The van der Waals surface area contributed by atoms with Gasteiger partial charge in [-0.2, -0.15) is 0 Å². The highest BCUT2D eigenvalue weighted by Crippen LogP contribution is 2.20. The molecule has 0 atom stereocenters. The molecule has 0 saturated carbocycles. The summed E-state index contributed by atoms with van der Waals surface area (Å²) < 4.78 is 10.7. The quantitative estimate of drug-likeness (QED) is 0.566. The molecule has 0 aliphatic rings. The first-order valence-electron chi connectivity index (χ1n) is 8.59. The summed E-state index contributed by atoms with van der Waals surface area (Å²) >= 11 is 5.90. The van der Waals surface area contributed by atoms with E-state index in [0.717, 1.165) is 17.0 Å². The molecule has 3 rings (SSSR count). The van der Waals surface area contributed by atoms with Crippen molar-refractivity contribution in [2.45, 2.75) is 0 Å². The van der Waals surface area contributed by atoms with E-state index < -0.39 is 0 Å². The minimum atomic E-state index is -0.258. The van der Waals surface area contributed by atoms with Crippen molar-refractivity contribution >= 4 is 35.1 Å². The van der Waals surface area contributed by atoms with Crippen LogP contribution in [0.4, 0.5) is 11.4 Å². The third kappa shape index (κ3) is 5.86. The summed E-state index contributed by atoms with van der Waals surface area (Å²) in [5, 5.41) is 3.29. The number of rotatable bonds is 7. The zero-order chi connectivity index (χ0) is 19.8. The van der Waals surface area contributed by atoms with Gasteiger partial charge in [0.25, 0.3) is 5.91 Å². The molecule has 0 heterocycles. The third-order valence-electron chi connectivity index (χ3n) is 3.77. The summed E-state index contributed by atoms with van der Waals surface area (Å²) in [5.41, 5.74) is 2.35. The topological polar surface area (TPSA) is 59.9 Å². The first-order chi connectivity index (χ1) is 13.6. The van der Waals surface area contributed by atoms with Gasteiger partial charge in [0.1, 0.15) is 11.5 Å². The van der Waals surface area contributed by atoms with Crippen molar-refractivity contribution in [1.82, 2.24) is 0 Å². The number of nitrogens with zero attached hydrogens (tertiary/aromatic N) is 1. The van der Waals surface area contributed by atoms with Crippen LogP contribution in [0.15, 0.2) is 77.8 Å². The van der Waals surface area contributed by atoms with Crippen LogP contribution in [0, 0.1) is 0 Å². The van der Waals surface area contributed by atoms with Gasteiger partial charge in [-0.3, -0.25) is 9.79 Å². The summed E-state index contributed by atoms with van der Waals surface area (Å²) in [7, 11) is 1.62. The number of halogens is 1. The largest absolute Gasteiger partial charge is 0.497 e. The van der Waals surface area contributed by atoms with Crippen molar-refractivity contribution in [3.8, 4) is 11.5 Å². The van der Waals surface area contributed by atoms with Crippen LogP contribution in [-0.2, 0) is 4.79 Å². The number of ether oxygens (including phenoxy) is 2. The normalized spacial score (nSPS) is 10.6. The second-order valence-electron chi connectivity index (χ2n) is 5.88. The molecule has 0 fully saturated rings. The highest BCUT2D eigenvalue weighted by Gasteiger charge is 2.04. The second kappa shape index (κ2) is 9.58. The number of carbonyl (C=O) groups excluding carboxylic acids is 1. The number of hydrogen-bond acceptors (Lipinski definition) is 4. The van der Waals surface area contributed by atoms with Crippen LogP contribution in [0.25, 0.3) is 0 Å². The smallest absolute Gasteiger partial charge is 0.262 e. The van der Waals surface area contributed by atoms with Crippen LogP contribution in [0.3, 0.4) is 0 Å². The highest BCUT2D eigenvalue weighted by atomic mass is 35.5. The zero-order valence-corrected chi connectivity index (χ0v) is 16.0. The van der Waals surface area contributed by atoms with E-state index in [1.165, 1.54) is 0 Å². The van der Waals surface area contributed by atoms with Crippen LogP contribution in [0.5, 0.6) is 11.5 Å². The lowest BCUT2D eigenvalue weighted by molar-refractivity contribution is -0.118. The highest BCUT2D eigenvalue weighted by molar-refractivity contribution is 6.30. The average molecular weight is 395 g/mol. The van der Waals surface area contributed by atoms with E-state index in [2.05, 4.69) is 10.3 Å². The van der Waals surface area contributed by atoms with Crippen molar-refractivity contribution in [3.05, 3.63) is 83.4 Å².